The highest BCUT2D eigenvalue weighted by Gasteiger charge is 2.31. The Labute approximate surface area is 185 Å². The lowest BCUT2D eigenvalue weighted by molar-refractivity contribution is -0.119. The van der Waals surface area contributed by atoms with Gasteiger partial charge >= 0.3 is 0 Å². The zero-order chi connectivity index (χ0) is 23.3. The average Bonchev–Trinajstić information content (AvgIpc) is 3.39. The highest BCUT2D eigenvalue weighted by molar-refractivity contribution is 5.77. The van der Waals surface area contributed by atoms with Crippen LogP contribution in [0.5, 0.6) is 0 Å². The van der Waals surface area contributed by atoms with Crippen LogP contribution in [-0.4, -0.2) is 32.4 Å². The van der Waals surface area contributed by atoms with Crippen molar-refractivity contribution in [3.63, 3.8) is 0 Å². The molecular formula is C22H28F2N6O2. The second kappa shape index (κ2) is 9.99. The van der Waals surface area contributed by atoms with E-state index in [-0.39, 0.29) is 30.6 Å². The van der Waals surface area contributed by atoms with E-state index >= 15 is 0 Å². The molecule has 1 unspecified atom stereocenters. The molecule has 0 saturated heterocycles. The largest absolute Gasteiger partial charge is 0.419 e. The third kappa shape index (κ3) is 5.76. The molecule has 0 bridgehead atoms. The Balaban J connectivity index is 1.96. The molecule has 172 valence electrons. The van der Waals surface area contributed by atoms with Crippen LogP contribution in [0.4, 0.5) is 8.78 Å². The molecule has 0 saturated carbocycles. The van der Waals surface area contributed by atoms with Crippen molar-refractivity contribution in [3.05, 3.63) is 47.5 Å². The summed E-state index contributed by atoms with van der Waals surface area (Å²) in [6.07, 6.45) is 2.68. The number of carbonyl (C=O) groups is 1. The lowest BCUT2D eigenvalue weighted by Gasteiger charge is -2.09. The van der Waals surface area contributed by atoms with Gasteiger partial charge in [-0.1, -0.05) is 38.8 Å². The molecule has 3 aromatic rings. The van der Waals surface area contributed by atoms with Crippen molar-refractivity contribution in [2.75, 3.05) is 6.54 Å². The van der Waals surface area contributed by atoms with Gasteiger partial charge in [-0.2, -0.15) is 13.9 Å². The summed E-state index contributed by atoms with van der Waals surface area (Å²) in [4.78, 5) is 11.4. The minimum Gasteiger partial charge on any atom is -0.419 e. The molecule has 10 heteroatoms. The van der Waals surface area contributed by atoms with Crippen LogP contribution in [0.3, 0.4) is 0 Å². The van der Waals surface area contributed by atoms with E-state index in [2.05, 4.69) is 34.5 Å². The summed E-state index contributed by atoms with van der Waals surface area (Å²) in [7, 11) is 0. The quantitative estimate of drug-likeness (QED) is 0.492. The Morgan fingerprint density at radius 1 is 1.31 bits per heavy atom. The fourth-order valence-electron chi connectivity index (χ4n) is 3.35. The van der Waals surface area contributed by atoms with Gasteiger partial charge in [-0.25, -0.2) is 4.68 Å². The number of benzene rings is 1. The molecule has 1 aromatic carbocycles. The molecule has 2 aromatic heterocycles. The molecule has 0 spiro atoms. The van der Waals surface area contributed by atoms with Crippen molar-refractivity contribution in [2.24, 2.45) is 11.7 Å². The van der Waals surface area contributed by atoms with Gasteiger partial charge in [-0.3, -0.25) is 4.79 Å². The number of hydrogen-bond acceptors (Lipinski definition) is 6. The van der Waals surface area contributed by atoms with E-state index in [4.69, 9.17) is 10.2 Å². The van der Waals surface area contributed by atoms with E-state index in [1.165, 1.54) is 10.7 Å². The number of nitrogens with zero attached hydrogens (tertiary/aromatic N) is 4. The first-order valence-corrected chi connectivity index (χ1v) is 10.6. The highest BCUT2D eigenvalue weighted by atomic mass is 19.3. The standard InChI is InChI=1S/C22H28F2N6O2/c1-4-6-14(2)9-20-27-28-21(32-20)17-11-18(22(3,23)24)29-30(17)16-8-5-7-15(10-16)13-26-19(31)12-25/h5,7-8,10-11,14H,4,6,9,12-13,25H2,1-3H3,(H,26,31). The molecule has 0 aliphatic rings. The summed E-state index contributed by atoms with van der Waals surface area (Å²) >= 11 is 0. The van der Waals surface area contributed by atoms with Gasteiger partial charge in [0.05, 0.1) is 12.2 Å². The van der Waals surface area contributed by atoms with E-state index in [0.717, 1.165) is 25.3 Å². The van der Waals surface area contributed by atoms with E-state index in [9.17, 15) is 13.6 Å². The van der Waals surface area contributed by atoms with Gasteiger partial charge in [0.15, 0.2) is 0 Å². The van der Waals surface area contributed by atoms with Crippen LogP contribution in [0.1, 0.15) is 50.8 Å². The van der Waals surface area contributed by atoms with Crippen molar-refractivity contribution in [1.82, 2.24) is 25.3 Å². The van der Waals surface area contributed by atoms with Crippen LogP contribution in [0.15, 0.2) is 34.7 Å². The van der Waals surface area contributed by atoms with E-state index < -0.39 is 11.6 Å². The molecule has 8 nitrogen and oxygen atoms in total. The number of halogens is 2. The monoisotopic (exact) mass is 446 g/mol. The van der Waals surface area contributed by atoms with Gasteiger partial charge in [-0.15, -0.1) is 10.2 Å². The first-order chi connectivity index (χ1) is 15.2. The van der Waals surface area contributed by atoms with E-state index in [1.807, 2.05) is 0 Å². The third-order valence-corrected chi connectivity index (χ3v) is 4.98. The number of carbonyl (C=O) groups excluding carboxylic acids is 1. The lowest BCUT2D eigenvalue weighted by Crippen LogP contribution is -2.29. The van der Waals surface area contributed by atoms with E-state index in [0.29, 0.717) is 23.9 Å². The zero-order valence-corrected chi connectivity index (χ0v) is 18.4. The van der Waals surface area contributed by atoms with Crippen molar-refractivity contribution in [2.45, 2.75) is 52.5 Å². The van der Waals surface area contributed by atoms with Crippen LogP contribution >= 0.6 is 0 Å². The molecule has 3 rings (SSSR count). The Hall–Kier alpha value is -3.14. The number of aromatic nitrogens is 4. The summed E-state index contributed by atoms with van der Waals surface area (Å²) in [6.45, 7) is 5.12. The first kappa shape index (κ1) is 23.5. The normalized spacial score (nSPS) is 12.7. The van der Waals surface area contributed by atoms with Crippen LogP contribution in [-0.2, 0) is 23.7 Å². The molecule has 2 heterocycles. The van der Waals surface area contributed by atoms with Crippen LogP contribution < -0.4 is 11.1 Å². The second-order valence-electron chi connectivity index (χ2n) is 7.96. The average molecular weight is 447 g/mol. The van der Waals surface area contributed by atoms with Crippen LogP contribution in [0, 0.1) is 5.92 Å². The minimum absolute atomic E-state index is 0.117. The molecule has 0 fully saturated rings. The number of alkyl halides is 2. The molecule has 0 aliphatic heterocycles. The van der Waals surface area contributed by atoms with Crippen LogP contribution in [0.25, 0.3) is 17.3 Å². The summed E-state index contributed by atoms with van der Waals surface area (Å²) in [5.74, 6) is -2.50. The molecule has 1 amide bonds. The Kier molecular flexibility index (Phi) is 7.34. The fourth-order valence-corrected chi connectivity index (χ4v) is 3.35. The van der Waals surface area contributed by atoms with E-state index in [1.54, 1.807) is 24.3 Å². The number of amides is 1. The van der Waals surface area contributed by atoms with Crippen molar-refractivity contribution >= 4 is 5.91 Å². The predicted molar refractivity (Wildman–Crippen MR) is 115 cm³/mol. The molecule has 0 aliphatic carbocycles. The number of hydrogen-bond donors (Lipinski definition) is 2. The number of nitrogens with one attached hydrogen (secondary N) is 1. The van der Waals surface area contributed by atoms with Crippen LogP contribution in [0.2, 0.25) is 0 Å². The van der Waals surface area contributed by atoms with Gasteiger partial charge < -0.3 is 15.5 Å². The van der Waals surface area contributed by atoms with Crippen molar-refractivity contribution in [1.29, 1.82) is 0 Å². The molecule has 3 N–H and O–H groups in total. The maximum absolute atomic E-state index is 14.1. The van der Waals surface area contributed by atoms with Crippen molar-refractivity contribution in [3.8, 4) is 17.3 Å². The summed E-state index contributed by atoms with van der Waals surface area (Å²) in [5.41, 5.74) is 6.46. The summed E-state index contributed by atoms with van der Waals surface area (Å²) < 4.78 is 35.3. The van der Waals surface area contributed by atoms with Gasteiger partial charge in [0.2, 0.25) is 11.8 Å². The second-order valence-corrected chi connectivity index (χ2v) is 7.96. The number of nitrogens with two attached hydrogens (primary N) is 1. The molecular weight excluding hydrogens is 418 g/mol. The maximum Gasteiger partial charge on any atom is 0.288 e. The summed E-state index contributed by atoms with van der Waals surface area (Å²) in [5, 5.41) is 15.0. The predicted octanol–water partition coefficient (Wildman–Crippen LogP) is 3.59. The topological polar surface area (TPSA) is 112 Å². The zero-order valence-electron chi connectivity index (χ0n) is 18.4. The van der Waals surface area contributed by atoms with Gasteiger partial charge in [0.25, 0.3) is 11.8 Å². The van der Waals surface area contributed by atoms with Gasteiger partial charge in [-0.05, 0) is 29.7 Å². The summed E-state index contributed by atoms with van der Waals surface area (Å²) in [6, 6.07) is 8.28. The molecule has 32 heavy (non-hydrogen) atoms. The Morgan fingerprint density at radius 2 is 2.09 bits per heavy atom. The molecule has 1 atom stereocenters. The molecule has 0 radical (unpaired) electrons. The smallest absolute Gasteiger partial charge is 0.288 e. The minimum atomic E-state index is -3.15. The SMILES string of the molecule is CCCC(C)Cc1nnc(-c2cc(C(C)(F)F)nn2-c2cccc(CNC(=O)CN)c2)o1. The highest BCUT2D eigenvalue weighted by Crippen LogP contribution is 2.31. The van der Waals surface area contributed by atoms with Crippen molar-refractivity contribution < 1.29 is 18.0 Å². The Morgan fingerprint density at radius 3 is 2.78 bits per heavy atom. The fraction of sp³-hybridized carbons (Fsp3) is 0.455. The number of rotatable bonds is 10. The van der Waals surface area contributed by atoms with Gasteiger partial charge in [0, 0.05) is 19.9 Å². The lowest BCUT2D eigenvalue weighted by atomic mass is 10.0. The third-order valence-electron chi connectivity index (χ3n) is 4.98. The first-order valence-electron chi connectivity index (χ1n) is 10.6. The Bertz CT molecular complexity index is 1060. The van der Waals surface area contributed by atoms with Gasteiger partial charge in [0.1, 0.15) is 11.4 Å². The maximum atomic E-state index is 14.1.